The van der Waals surface area contributed by atoms with Gasteiger partial charge in [0.2, 0.25) is 0 Å². The second kappa shape index (κ2) is 11.7. The zero-order valence-electron chi connectivity index (χ0n) is 21.7. The Balaban J connectivity index is 1.58. The fraction of sp³-hybridized carbons (Fsp3) is 0.444. The number of hydrogen-bond acceptors (Lipinski definition) is 15. The van der Waals surface area contributed by atoms with Crippen molar-refractivity contribution in [3.8, 4) is 28.6 Å². The summed E-state index contributed by atoms with van der Waals surface area (Å²) in [5, 5.41) is 103. The Morgan fingerprint density at radius 2 is 1.38 bits per heavy atom. The Morgan fingerprint density at radius 3 is 2.02 bits per heavy atom. The molecule has 2 aliphatic heterocycles. The summed E-state index contributed by atoms with van der Waals surface area (Å²) in [6.45, 7) is -1.62. The van der Waals surface area contributed by atoms with Gasteiger partial charge < -0.3 is 69.7 Å². The number of phenolic OH excluding ortho intramolecular Hbond substituents is 3. The van der Waals surface area contributed by atoms with E-state index < -0.39 is 102 Å². The molecule has 5 rings (SSSR count). The first-order chi connectivity index (χ1) is 20.0. The Labute approximate surface area is 236 Å². The Bertz CT molecular complexity index is 1470. The number of phenols is 3. The minimum absolute atomic E-state index is 0.0247. The largest absolute Gasteiger partial charge is 0.508 e. The standard InChI is InChI=1S/C27H30O15/c28-7-15-20(34)23(37)26(42-27-24(38)22(36)19(33)16(8-29)41-27)25(40-15)18-12(32)6-14-17(21(18)35)11(31)5-13(39-14)9-1-3-10(30)4-2-9/h1-6,15-16,19-20,22-30,32-38H,7-8H2/t15?,16?,19-,20-,22+,23+,24?,25+,26?,27+/m1/s1. The molecule has 2 saturated heterocycles. The molecule has 4 unspecified atom stereocenters. The topological polar surface area (TPSA) is 260 Å². The van der Waals surface area contributed by atoms with Crippen LogP contribution in [0.2, 0.25) is 0 Å². The van der Waals surface area contributed by atoms with Crippen LogP contribution in [0.25, 0.3) is 22.3 Å². The summed E-state index contributed by atoms with van der Waals surface area (Å²) in [7, 11) is 0. The minimum Gasteiger partial charge on any atom is -0.508 e. The summed E-state index contributed by atoms with van der Waals surface area (Å²) in [5.74, 6) is -1.53. The maximum absolute atomic E-state index is 13.1. The first kappa shape index (κ1) is 30.1. The molecule has 42 heavy (non-hydrogen) atoms. The molecule has 0 bridgehead atoms. The summed E-state index contributed by atoms with van der Waals surface area (Å²) in [6.07, 6.45) is -17.4. The first-order valence-corrected chi connectivity index (χ1v) is 12.9. The molecule has 0 amide bonds. The maximum Gasteiger partial charge on any atom is 0.197 e. The molecule has 10 atom stereocenters. The SMILES string of the molecule is O=c1cc(-c2ccc(O)cc2)oc2cc(O)c([C@@H]3OC(CO)[C@@H](O)[C@H](O)C3O[C@@H]3OC(CO)[C@@H](O)[C@H](O)C3O)c(O)c12. The molecule has 2 fully saturated rings. The number of aromatic hydroxyl groups is 3. The van der Waals surface area contributed by atoms with Crippen LogP contribution in [0.15, 0.2) is 45.6 Å². The van der Waals surface area contributed by atoms with Crippen molar-refractivity contribution < 1.29 is 69.7 Å². The van der Waals surface area contributed by atoms with E-state index >= 15 is 0 Å². The van der Waals surface area contributed by atoms with Crippen LogP contribution < -0.4 is 5.43 Å². The van der Waals surface area contributed by atoms with Crippen molar-refractivity contribution in [2.75, 3.05) is 13.2 Å². The van der Waals surface area contributed by atoms with Crippen LogP contribution in [0.4, 0.5) is 0 Å². The van der Waals surface area contributed by atoms with Crippen molar-refractivity contribution in [3.63, 3.8) is 0 Å². The Hall–Kier alpha value is -3.35. The van der Waals surface area contributed by atoms with Crippen LogP contribution in [0.1, 0.15) is 11.7 Å². The van der Waals surface area contributed by atoms with Gasteiger partial charge in [-0.05, 0) is 24.3 Å². The van der Waals surface area contributed by atoms with Crippen LogP contribution in [0, 0.1) is 0 Å². The van der Waals surface area contributed by atoms with Gasteiger partial charge in [0, 0.05) is 17.7 Å². The molecule has 2 aliphatic rings. The molecular formula is C27H30O15. The summed E-state index contributed by atoms with van der Waals surface area (Å²) in [6, 6.07) is 7.75. The lowest BCUT2D eigenvalue weighted by atomic mass is 9.89. The van der Waals surface area contributed by atoms with Crippen LogP contribution in [0.3, 0.4) is 0 Å². The molecule has 15 heteroatoms. The van der Waals surface area contributed by atoms with E-state index in [1.807, 2.05) is 0 Å². The third-order valence-corrected chi connectivity index (χ3v) is 7.45. The summed E-state index contributed by atoms with van der Waals surface area (Å²) in [5.41, 5.74) is -1.10. The highest BCUT2D eigenvalue weighted by Gasteiger charge is 2.52. The van der Waals surface area contributed by atoms with Gasteiger partial charge in [0.1, 0.15) is 88.9 Å². The Morgan fingerprint density at radius 1 is 0.762 bits per heavy atom. The first-order valence-electron chi connectivity index (χ1n) is 12.9. The molecule has 3 aromatic rings. The number of aliphatic hydroxyl groups is 7. The maximum atomic E-state index is 13.1. The van der Waals surface area contributed by atoms with Crippen molar-refractivity contribution in [2.24, 2.45) is 0 Å². The zero-order chi connectivity index (χ0) is 30.5. The molecule has 3 heterocycles. The molecule has 0 saturated carbocycles. The molecule has 0 spiro atoms. The van der Waals surface area contributed by atoms with Crippen molar-refractivity contribution >= 4 is 11.0 Å². The number of hydrogen-bond donors (Lipinski definition) is 10. The van der Waals surface area contributed by atoms with Gasteiger partial charge in [-0.25, -0.2) is 0 Å². The van der Waals surface area contributed by atoms with Gasteiger partial charge in [-0.1, -0.05) is 0 Å². The normalized spacial score (nSPS) is 33.6. The molecule has 10 N–H and O–H groups in total. The molecule has 0 radical (unpaired) electrons. The van der Waals surface area contributed by atoms with Gasteiger partial charge in [-0.3, -0.25) is 4.79 Å². The summed E-state index contributed by atoms with van der Waals surface area (Å²) < 4.78 is 22.4. The monoisotopic (exact) mass is 594 g/mol. The average molecular weight is 595 g/mol. The van der Waals surface area contributed by atoms with E-state index in [1.165, 1.54) is 24.3 Å². The van der Waals surface area contributed by atoms with Crippen molar-refractivity contribution in [1.29, 1.82) is 0 Å². The second-order valence-electron chi connectivity index (χ2n) is 10.1. The van der Waals surface area contributed by atoms with E-state index in [9.17, 15) is 55.9 Å². The predicted octanol–water partition coefficient (Wildman–Crippen LogP) is -2.08. The van der Waals surface area contributed by atoms with Crippen molar-refractivity contribution in [3.05, 3.63) is 52.2 Å². The highest BCUT2D eigenvalue weighted by Crippen LogP contribution is 2.46. The van der Waals surface area contributed by atoms with Crippen LogP contribution in [-0.2, 0) is 14.2 Å². The number of ether oxygens (including phenoxy) is 3. The van der Waals surface area contributed by atoms with E-state index in [4.69, 9.17) is 18.6 Å². The fourth-order valence-corrected chi connectivity index (χ4v) is 5.16. The van der Waals surface area contributed by atoms with E-state index in [0.29, 0.717) is 5.56 Å². The molecule has 228 valence electrons. The second-order valence-corrected chi connectivity index (χ2v) is 10.1. The van der Waals surface area contributed by atoms with Crippen LogP contribution in [-0.4, -0.2) is 119 Å². The summed E-state index contributed by atoms with van der Waals surface area (Å²) in [4.78, 5) is 13.1. The van der Waals surface area contributed by atoms with E-state index in [1.54, 1.807) is 0 Å². The third kappa shape index (κ3) is 5.20. The molecular weight excluding hydrogens is 564 g/mol. The fourth-order valence-electron chi connectivity index (χ4n) is 5.16. The Kier molecular flexibility index (Phi) is 8.41. The van der Waals surface area contributed by atoms with Crippen molar-refractivity contribution in [1.82, 2.24) is 0 Å². The summed E-state index contributed by atoms with van der Waals surface area (Å²) >= 11 is 0. The van der Waals surface area contributed by atoms with Crippen LogP contribution >= 0.6 is 0 Å². The number of benzene rings is 2. The van der Waals surface area contributed by atoms with Gasteiger partial charge in [0.15, 0.2) is 11.7 Å². The molecule has 2 aromatic carbocycles. The molecule has 1 aromatic heterocycles. The van der Waals surface area contributed by atoms with E-state index in [0.717, 1.165) is 12.1 Å². The zero-order valence-corrected chi connectivity index (χ0v) is 21.7. The third-order valence-electron chi connectivity index (χ3n) is 7.45. The molecule has 0 aliphatic carbocycles. The predicted molar refractivity (Wildman–Crippen MR) is 138 cm³/mol. The van der Waals surface area contributed by atoms with Gasteiger partial charge >= 0.3 is 0 Å². The number of fused-ring (bicyclic) bond motifs is 1. The lowest BCUT2D eigenvalue weighted by molar-refractivity contribution is -0.342. The van der Waals surface area contributed by atoms with Gasteiger partial charge in [-0.15, -0.1) is 0 Å². The quantitative estimate of drug-likeness (QED) is 0.147. The number of aliphatic hydroxyl groups excluding tert-OH is 7. The highest BCUT2D eigenvalue weighted by atomic mass is 16.7. The molecule has 15 nitrogen and oxygen atoms in total. The van der Waals surface area contributed by atoms with E-state index in [2.05, 4.69) is 0 Å². The van der Waals surface area contributed by atoms with Crippen LogP contribution in [0.5, 0.6) is 17.2 Å². The number of rotatable bonds is 6. The average Bonchev–Trinajstić information content (AvgIpc) is 2.96. The lowest BCUT2D eigenvalue weighted by Gasteiger charge is -2.46. The minimum atomic E-state index is -1.92. The smallest absolute Gasteiger partial charge is 0.197 e. The van der Waals surface area contributed by atoms with Gasteiger partial charge in [0.25, 0.3) is 0 Å². The van der Waals surface area contributed by atoms with Crippen molar-refractivity contribution in [2.45, 2.75) is 61.2 Å². The van der Waals surface area contributed by atoms with Gasteiger partial charge in [-0.2, -0.15) is 0 Å². The highest BCUT2D eigenvalue weighted by molar-refractivity contribution is 5.88. The van der Waals surface area contributed by atoms with E-state index in [-0.39, 0.29) is 17.1 Å². The van der Waals surface area contributed by atoms with Gasteiger partial charge in [0.05, 0.1) is 18.8 Å². The lowest BCUT2D eigenvalue weighted by Crippen LogP contribution is -2.62.